The van der Waals surface area contributed by atoms with Crippen LogP contribution in [0, 0.1) is 5.92 Å². The minimum atomic E-state index is -0.566. The molecule has 0 aromatic rings. The van der Waals surface area contributed by atoms with Crippen LogP contribution in [0.15, 0.2) is 0 Å². The van der Waals surface area contributed by atoms with Crippen LogP contribution < -0.4 is 0 Å². The Labute approximate surface area is 96.0 Å². The van der Waals surface area contributed by atoms with E-state index in [1.165, 1.54) is 6.92 Å². The summed E-state index contributed by atoms with van der Waals surface area (Å²) in [5.74, 6) is -0.412. The normalized spacial score (nSPS) is 39.4. The molecular weight excluding hydrogens is 212 g/mol. The molecule has 0 N–H and O–H groups in total. The Morgan fingerprint density at radius 1 is 1.12 bits per heavy atom. The first kappa shape index (κ1) is 13.4. The van der Waals surface area contributed by atoms with Crippen molar-refractivity contribution in [3.8, 4) is 0 Å². The third-order valence-electron chi connectivity index (χ3n) is 2.91. The summed E-state index contributed by atoms with van der Waals surface area (Å²) < 4.78 is 21.4. The van der Waals surface area contributed by atoms with Gasteiger partial charge in [-0.15, -0.1) is 0 Å². The van der Waals surface area contributed by atoms with Crippen molar-refractivity contribution in [2.75, 3.05) is 14.2 Å². The average Bonchev–Trinajstić information content (AvgIpc) is 2.21. The maximum Gasteiger partial charge on any atom is 0.304 e. The first-order valence-corrected chi connectivity index (χ1v) is 5.39. The Kier molecular flexibility index (Phi) is 4.70. The first-order chi connectivity index (χ1) is 7.51. The fourth-order valence-corrected chi connectivity index (χ4v) is 2.11. The van der Waals surface area contributed by atoms with Crippen molar-refractivity contribution in [1.29, 1.82) is 0 Å². The maximum absolute atomic E-state index is 10.9. The average molecular weight is 232 g/mol. The minimum Gasteiger partial charge on any atom is -0.436 e. The number of rotatable bonds is 3. The Hall–Kier alpha value is -0.650. The second-order valence-electron chi connectivity index (χ2n) is 4.08. The van der Waals surface area contributed by atoms with Crippen molar-refractivity contribution in [2.24, 2.45) is 5.92 Å². The highest BCUT2D eigenvalue weighted by atomic mass is 16.7. The van der Waals surface area contributed by atoms with E-state index in [4.69, 9.17) is 18.9 Å². The van der Waals surface area contributed by atoms with E-state index in [0.717, 1.165) is 0 Å². The molecule has 0 radical (unpaired) electrons. The molecule has 0 amide bonds. The quantitative estimate of drug-likeness (QED) is 0.678. The number of hydrogen-bond donors (Lipinski definition) is 0. The molecule has 94 valence electrons. The second-order valence-corrected chi connectivity index (χ2v) is 4.08. The lowest BCUT2D eigenvalue weighted by Crippen LogP contribution is -2.55. The second kappa shape index (κ2) is 5.61. The fraction of sp³-hybridized carbons (Fsp3) is 0.909. The molecule has 0 aromatic carbocycles. The van der Waals surface area contributed by atoms with Gasteiger partial charge in [-0.25, -0.2) is 0 Å². The summed E-state index contributed by atoms with van der Waals surface area (Å²) in [6, 6.07) is 0. The van der Waals surface area contributed by atoms with Crippen LogP contribution in [0.2, 0.25) is 0 Å². The molecule has 1 rings (SSSR count). The van der Waals surface area contributed by atoms with Gasteiger partial charge in [0.1, 0.15) is 6.10 Å². The lowest BCUT2D eigenvalue weighted by atomic mass is 9.92. The van der Waals surface area contributed by atoms with Crippen LogP contribution in [0.25, 0.3) is 0 Å². The van der Waals surface area contributed by atoms with Crippen LogP contribution in [0.4, 0.5) is 0 Å². The van der Waals surface area contributed by atoms with Crippen LogP contribution in [0.3, 0.4) is 0 Å². The smallest absolute Gasteiger partial charge is 0.304 e. The number of esters is 1. The number of carbonyl (C=O) groups is 1. The molecule has 0 aromatic heterocycles. The van der Waals surface area contributed by atoms with E-state index in [1.54, 1.807) is 14.2 Å². The standard InChI is InChI=1S/C11H20O5/c1-6-9(13-4)10(14-5)7(2)15-11(6)16-8(3)12/h6-7,9-11H,1-5H3/t6-,7+,9-,10-,11-/m1/s1. The Balaban J connectivity index is 2.75. The van der Waals surface area contributed by atoms with Crippen molar-refractivity contribution >= 4 is 5.97 Å². The Morgan fingerprint density at radius 2 is 1.69 bits per heavy atom. The Bertz CT molecular complexity index is 243. The molecule has 5 heteroatoms. The highest BCUT2D eigenvalue weighted by molar-refractivity contribution is 5.66. The molecule has 1 fully saturated rings. The maximum atomic E-state index is 10.9. The summed E-state index contributed by atoms with van der Waals surface area (Å²) in [6.07, 6.45) is -1.02. The summed E-state index contributed by atoms with van der Waals surface area (Å²) in [7, 11) is 3.24. The predicted molar refractivity (Wildman–Crippen MR) is 56.9 cm³/mol. The molecular formula is C11H20O5. The zero-order chi connectivity index (χ0) is 12.3. The van der Waals surface area contributed by atoms with Gasteiger partial charge in [0.05, 0.1) is 12.2 Å². The van der Waals surface area contributed by atoms with Crippen LogP contribution in [-0.2, 0) is 23.7 Å². The molecule has 16 heavy (non-hydrogen) atoms. The Morgan fingerprint density at radius 3 is 2.12 bits per heavy atom. The van der Waals surface area contributed by atoms with E-state index in [1.807, 2.05) is 13.8 Å². The summed E-state index contributed by atoms with van der Waals surface area (Å²) in [4.78, 5) is 10.9. The summed E-state index contributed by atoms with van der Waals surface area (Å²) in [5, 5.41) is 0. The van der Waals surface area contributed by atoms with E-state index < -0.39 is 6.29 Å². The largest absolute Gasteiger partial charge is 0.436 e. The van der Waals surface area contributed by atoms with E-state index in [-0.39, 0.29) is 30.2 Å². The molecule has 1 aliphatic rings. The van der Waals surface area contributed by atoms with E-state index >= 15 is 0 Å². The van der Waals surface area contributed by atoms with Crippen molar-refractivity contribution in [2.45, 2.75) is 45.4 Å². The number of ether oxygens (including phenoxy) is 4. The van der Waals surface area contributed by atoms with Gasteiger partial charge in [0.2, 0.25) is 6.29 Å². The summed E-state index contributed by atoms with van der Waals surface area (Å²) in [5.41, 5.74) is 0. The molecule has 5 nitrogen and oxygen atoms in total. The van der Waals surface area contributed by atoms with Gasteiger partial charge in [0.25, 0.3) is 0 Å². The monoisotopic (exact) mass is 232 g/mol. The molecule has 5 atom stereocenters. The van der Waals surface area contributed by atoms with Crippen LogP contribution in [0.1, 0.15) is 20.8 Å². The van der Waals surface area contributed by atoms with Gasteiger partial charge in [-0.05, 0) is 6.92 Å². The first-order valence-electron chi connectivity index (χ1n) is 5.39. The van der Waals surface area contributed by atoms with E-state index in [2.05, 4.69) is 0 Å². The molecule has 1 saturated heterocycles. The SMILES string of the molecule is CO[C@@H]1[C@@H](C)[C@@H](OC(C)=O)O[C@@H](C)[C@H]1OC. The van der Waals surface area contributed by atoms with Crippen LogP contribution in [-0.4, -0.2) is 44.8 Å². The van der Waals surface area contributed by atoms with E-state index in [9.17, 15) is 4.79 Å². The molecule has 0 bridgehead atoms. The summed E-state index contributed by atoms with van der Waals surface area (Å²) >= 11 is 0. The van der Waals surface area contributed by atoms with E-state index in [0.29, 0.717) is 0 Å². The summed E-state index contributed by atoms with van der Waals surface area (Å²) in [6.45, 7) is 5.16. The fourth-order valence-electron chi connectivity index (χ4n) is 2.11. The zero-order valence-corrected chi connectivity index (χ0v) is 10.4. The van der Waals surface area contributed by atoms with Gasteiger partial charge in [0.15, 0.2) is 0 Å². The van der Waals surface area contributed by atoms with Crippen molar-refractivity contribution in [1.82, 2.24) is 0 Å². The van der Waals surface area contributed by atoms with Gasteiger partial charge in [-0.2, -0.15) is 0 Å². The van der Waals surface area contributed by atoms with Crippen molar-refractivity contribution in [3.05, 3.63) is 0 Å². The third-order valence-corrected chi connectivity index (χ3v) is 2.91. The van der Waals surface area contributed by atoms with Crippen molar-refractivity contribution < 1.29 is 23.7 Å². The van der Waals surface area contributed by atoms with Gasteiger partial charge < -0.3 is 18.9 Å². The number of hydrogen-bond acceptors (Lipinski definition) is 5. The number of methoxy groups -OCH3 is 2. The lowest BCUT2D eigenvalue weighted by Gasteiger charge is -2.42. The highest BCUT2D eigenvalue weighted by Gasteiger charge is 2.43. The molecule has 0 spiro atoms. The van der Waals surface area contributed by atoms with Gasteiger partial charge in [0, 0.05) is 27.1 Å². The van der Waals surface area contributed by atoms with Crippen molar-refractivity contribution in [3.63, 3.8) is 0 Å². The van der Waals surface area contributed by atoms with Gasteiger partial charge in [-0.1, -0.05) is 6.92 Å². The molecule has 0 unspecified atom stereocenters. The topological polar surface area (TPSA) is 54.0 Å². The minimum absolute atomic E-state index is 0.0601. The van der Waals surface area contributed by atoms with Gasteiger partial charge in [-0.3, -0.25) is 4.79 Å². The number of carbonyl (C=O) groups excluding carboxylic acids is 1. The zero-order valence-electron chi connectivity index (χ0n) is 10.4. The molecule has 0 saturated carbocycles. The van der Waals surface area contributed by atoms with Gasteiger partial charge >= 0.3 is 5.97 Å². The van der Waals surface area contributed by atoms with Crippen LogP contribution in [0.5, 0.6) is 0 Å². The predicted octanol–water partition coefficient (Wildman–Crippen LogP) is 0.960. The third kappa shape index (κ3) is 2.72. The molecule has 0 aliphatic carbocycles. The lowest BCUT2D eigenvalue weighted by molar-refractivity contribution is -0.272. The molecule has 1 heterocycles. The van der Waals surface area contributed by atoms with Crippen LogP contribution >= 0.6 is 0 Å². The molecule has 1 aliphatic heterocycles. The highest BCUT2D eigenvalue weighted by Crippen LogP contribution is 2.29.